The maximum Gasteiger partial charge on any atom is 0.231 e. The standard InChI is InChI=1S/C14H12INO2/c15-12-7-14-13(17-9-18-14)6-11(12)4-3-10-2-1-5-16-8-10/h1-2,5-8H,3-4,9H2. The molecule has 0 spiro atoms. The minimum Gasteiger partial charge on any atom is -0.454 e. The number of benzene rings is 1. The average Bonchev–Trinajstić information content (AvgIpc) is 2.84. The first-order valence-electron chi connectivity index (χ1n) is 5.80. The largest absolute Gasteiger partial charge is 0.454 e. The molecule has 2 heterocycles. The zero-order chi connectivity index (χ0) is 12.4. The van der Waals surface area contributed by atoms with Gasteiger partial charge in [-0.05, 0) is 64.8 Å². The van der Waals surface area contributed by atoms with Gasteiger partial charge >= 0.3 is 0 Å². The van der Waals surface area contributed by atoms with E-state index in [1.165, 1.54) is 14.7 Å². The highest BCUT2D eigenvalue weighted by molar-refractivity contribution is 14.1. The number of halogens is 1. The first kappa shape index (κ1) is 11.8. The van der Waals surface area contributed by atoms with Gasteiger partial charge in [0.05, 0.1) is 0 Å². The molecule has 3 rings (SSSR count). The van der Waals surface area contributed by atoms with Crippen molar-refractivity contribution < 1.29 is 9.47 Å². The lowest BCUT2D eigenvalue weighted by Gasteiger charge is -2.06. The predicted molar refractivity (Wildman–Crippen MR) is 76.9 cm³/mol. The van der Waals surface area contributed by atoms with Gasteiger partial charge in [-0.15, -0.1) is 0 Å². The van der Waals surface area contributed by atoms with Crippen molar-refractivity contribution in [3.8, 4) is 11.5 Å². The van der Waals surface area contributed by atoms with Gasteiger partial charge in [0, 0.05) is 16.0 Å². The predicted octanol–water partition coefficient (Wildman–Crippen LogP) is 3.20. The van der Waals surface area contributed by atoms with Crippen LogP contribution < -0.4 is 9.47 Å². The Morgan fingerprint density at radius 3 is 2.78 bits per heavy atom. The molecule has 0 saturated heterocycles. The Bertz CT molecular complexity index is 557. The molecule has 0 unspecified atom stereocenters. The van der Waals surface area contributed by atoms with E-state index in [0.717, 1.165) is 24.3 Å². The molecule has 0 saturated carbocycles. The minimum absolute atomic E-state index is 0.331. The molecule has 1 aromatic carbocycles. The summed E-state index contributed by atoms with van der Waals surface area (Å²) in [6, 6.07) is 8.20. The third kappa shape index (κ3) is 2.43. The Balaban J connectivity index is 1.77. The molecule has 92 valence electrons. The van der Waals surface area contributed by atoms with Crippen molar-refractivity contribution in [2.45, 2.75) is 12.8 Å². The van der Waals surface area contributed by atoms with Crippen LogP contribution in [0.2, 0.25) is 0 Å². The minimum atomic E-state index is 0.331. The van der Waals surface area contributed by atoms with Crippen molar-refractivity contribution in [3.63, 3.8) is 0 Å². The van der Waals surface area contributed by atoms with Crippen LogP contribution in [-0.4, -0.2) is 11.8 Å². The second-order valence-corrected chi connectivity index (χ2v) is 5.32. The quantitative estimate of drug-likeness (QED) is 0.795. The Morgan fingerprint density at radius 2 is 2.00 bits per heavy atom. The van der Waals surface area contributed by atoms with Crippen molar-refractivity contribution >= 4 is 22.6 Å². The normalized spacial score (nSPS) is 12.7. The summed E-state index contributed by atoms with van der Waals surface area (Å²) >= 11 is 2.35. The highest BCUT2D eigenvalue weighted by Crippen LogP contribution is 2.35. The van der Waals surface area contributed by atoms with E-state index in [1.54, 1.807) is 6.20 Å². The fraction of sp³-hybridized carbons (Fsp3) is 0.214. The number of aromatic nitrogens is 1. The van der Waals surface area contributed by atoms with Crippen LogP contribution in [0.4, 0.5) is 0 Å². The summed E-state index contributed by atoms with van der Waals surface area (Å²) in [4.78, 5) is 4.13. The summed E-state index contributed by atoms with van der Waals surface area (Å²) < 4.78 is 12.0. The van der Waals surface area contributed by atoms with Crippen molar-refractivity contribution in [3.05, 3.63) is 51.4 Å². The van der Waals surface area contributed by atoms with Crippen molar-refractivity contribution in [2.75, 3.05) is 6.79 Å². The molecule has 0 amide bonds. The number of rotatable bonds is 3. The molecule has 2 aromatic rings. The van der Waals surface area contributed by atoms with E-state index in [4.69, 9.17) is 9.47 Å². The molecule has 0 bridgehead atoms. The van der Waals surface area contributed by atoms with E-state index in [1.807, 2.05) is 18.3 Å². The molecule has 0 aliphatic carbocycles. The SMILES string of the molecule is Ic1cc2c(cc1CCc1cccnc1)OCO2. The van der Waals surface area contributed by atoms with Crippen LogP contribution in [-0.2, 0) is 12.8 Å². The van der Waals surface area contributed by atoms with E-state index in [9.17, 15) is 0 Å². The van der Waals surface area contributed by atoms with E-state index < -0.39 is 0 Å². The van der Waals surface area contributed by atoms with Gasteiger partial charge in [0.1, 0.15) is 0 Å². The Morgan fingerprint density at radius 1 is 1.17 bits per heavy atom. The number of aryl methyl sites for hydroxylation is 2. The maximum atomic E-state index is 5.41. The van der Waals surface area contributed by atoms with Crippen molar-refractivity contribution in [1.29, 1.82) is 0 Å². The van der Waals surface area contributed by atoms with E-state index >= 15 is 0 Å². The van der Waals surface area contributed by atoms with E-state index in [0.29, 0.717) is 6.79 Å². The number of nitrogens with zero attached hydrogens (tertiary/aromatic N) is 1. The number of hydrogen-bond donors (Lipinski definition) is 0. The zero-order valence-electron chi connectivity index (χ0n) is 9.73. The van der Waals surface area contributed by atoms with Gasteiger partial charge in [-0.1, -0.05) is 6.07 Å². The smallest absolute Gasteiger partial charge is 0.231 e. The summed E-state index contributed by atoms with van der Waals surface area (Å²) in [7, 11) is 0. The van der Waals surface area contributed by atoms with Gasteiger partial charge in [-0.25, -0.2) is 0 Å². The van der Waals surface area contributed by atoms with Crippen molar-refractivity contribution in [1.82, 2.24) is 4.98 Å². The fourth-order valence-corrected chi connectivity index (χ4v) is 2.68. The third-order valence-electron chi connectivity index (χ3n) is 2.95. The molecule has 0 radical (unpaired) electrons. The van der Waals surface area contributed by atoms with Crippen LogP contribution in [0.1, 0.15) is 11.1 Å². The molecular formula is C14H12INO2. The molecule has 1 aromatic heterocycles. The summed E-state index contributed by atoms with van der Waals surface area (Å²) in [5, 5.41) is 0. The highest BCUT2D eigenvalue weighted by atomic mass is 127. The van der Waals surface area contributed by atoms with Crippen LogP contribution in [0.15, 0.2) is 36.7 Å². The molecule has 1 aliphatic rings. The lowest BCUT2D eigenvalue weighted by molar-refractivity contribution is 0.174. The van der Waals surface area contributed by atoms with Crippen LogP contribution in [0.3, 0.4) is 0 Å². The second-order valence-electron chi connectivity index (χ2n) is 4.16. The van der Waals surface area contributed by atoms with E-state index in [-0.39, 0.29) is 0 Å². The number of pyridine rings is 1. The topological polar surface area (TPSA) is 31.4 Å². The molecule has 1 aliphatic heterocycles. The van der Waals surface area contributed by atoms with Crippen molar-refractivity contribution in [2.24, 2.45) is 0 Å². The summed E-state index contributed by atoms with van der Waals surface area (Å²) in [5.74, 6) is 1.71. The summed E-state index contributed by atoms with van der Waals surface area (Å²) in [6.45, 7) is 0.331. The lowest BCUT2D eigenvalue weighted by atomic mass is 10.1. The molecule has 18 heavy (non-hydrogen) atoms. The Hall–Kier alpha value is -1.30. The van der Waals surface area contributed by atoms with Crippen LogP contribution in [0, 0.1) is 3.57 Å². The first-order chi connectivity index (χ1) is 8.83. The monoisotopic (exact) mass is 353 g/mol. The van der Waals surface area contributed by atoms with Gasteiger partial charge < -0.3 is 9.47 Å². The van der Waals surface area contributed by atoms with Crippen LogP contribution in [0.25, 0.3) is 0 Å². The molecule has 3 nitrogen and oxygen atoms in total. The number of ether oxygens (including phenoxy) is 2. The molecule has 4 heteroatoms. The lowest BCUT2D eigenvalue weighted by Crippen LogP contribution is -1.95. The van der Waals surface area contributed by atoms with Crippen LogP contribution in [0.5, 0.6) is 11.5 Å². The van der Waals surface area contributed by atoms with E-state index in [2.05, 4.69) is 39.7 Å². The van der Waals surface area contributed by atoms with Crippen LogP contribution >= 0.6 is 22.6 Å². The van der Waals surface area contributed by atoms with Gasteiger partial charge in [0.2, 0.25) is 6.79 Å². The third-order valence-corrected chi connectivity index (χ3v) is 3.95. The second kappa shape index (κ2) is 5.14. The van der Waals surface area contributed by atoms with Gasteiger partial charge in [-0.3, -0.25) is 4.98 Å². The zero-order valence-corrected chi connectivity index (χ0v) is 11.9. The fourth-order valence-electron chi connectivity index (χ4n) is 1.98. The Labute approximate surface area is 119 Å². The summed E-state index contributed by atoms with van der Waals surface area (Å²) in [5.41, 5.74) is 2.55. The Kier molecular flexibility index (Phi) is 3.36. The first-order valence-corrected chi connectivity index (χ1v) is 6.88. The average molecular weight is 353 g/mol. The highest BCUT2D eigenvalue weighted by Gasteiger charge is 2.15. The maximum absolute atomic E-state index is 5.41. The molecule has 0 atom stereocenters. The number of hydrogen-bond acceptors (Lipinski definition) is 3. The summed E-state index contributed by atoms with van der Waals surface area (Å²) in [6.07, 6.45) is 5.69. The van der Waals surface area contributed by atoms with Gasteiger partial charge in [0.15, 0.2) is 11.5 Å². The molecule has 0 N–H and O–H groups in total. The van der Waals surface area contributed by atoms with Gasteiger partial charge in [-0.2, -0.15) is 0 Å². The molecular weight excluding hydrogens is 341 g/mol. The van der Waals surface area contributed by atoms with Gasteiger partial charge in [0.25, 0.3) is 0 Å². The molecule has 0 fully saturated rings. The number of fused-ring (bicyclic) bond motifs is 1.